The fourth-order valence-corrected chi connectivity index (χ4v) is 5.74. The Labute approximate surface area is 259 Å². The SMILES string of the molecule is O=C(Cc1cn2nc(-c3c(-c4ccc(F)cc4)ncn3C3CCN(C(=O)OCC4CC4(F)F)CC3)ccc2n1)c1ccnc(F)c1. The zero-order valence-corrected chi connectivity index (χ0v) is 24.3. The van der Waals surface area contributed by atoms with Gasteiger partial charge in [-0.05, 0) is 55.3 Å². The Bertz CT molecular complexity index is 1930. The van der Waals surface area contributed by atoms with Gasteiger partial charge in [0, 0.05) is 48.9 Å². The van der Waals surface area contributed by atoms with Gasteiger partial charge in [-0.3, -0.25) is 4.79 Å². The molecule has 1 amide bonds. The van der Waals surface area contributed by atoms with Crippen molar-refractivity contribution in [3.05, 3.63) is 90.3 Å². The van der Waals surface area contributed by atoms with Gasteiger partial charge in [0.25, 0.3) is 5.92 Å². The lowest BCUT2D eigenvalue weighted by molar-refractivity contribution is 0.0548. The predicted octanol–water partition coefficient (Wildman–Crippen LogP) is 5.79. The summed E-state index contributed by atoms with van der Waals surface area (Å²) in [5.41, 5.74) is 3.61. The maximum atomic E-state index is 13.8. The van der Waals surface area contributed by atoms with Crippen LogP contribution >= 0.6 is 0 Å². The minimum absolute atomic E-state index is 0.0645. The van der Waals surface area contributed by atoms with E-state index >= 15 is 0 Å². The summed E-state index contributed by atoms with van der Waals surface area (Å²) >= 11 is 0. The van der Waals surface area contributed by atoms with Gasteiger partial charge in [-0.1, -0.05) is 0 Å². The molecule has 0 spiro atoms. The van der Waals surface area contributed by atoms with Crippen molar-refractivity contribution in [1.29, 1.82) is 0 Å². The van der Waals surface area contributed by atoms with Crippen LogP contribution in [0.15, 0.2) is 67.3 Å². The number of carbonyl (C=O) groups excluding carboxylic acids is 2. The van der Waals surface area contributed by atoms with E-state index in [0.29, 0.717) is 59.9 Å². The summed E-state index contributed by atoms with van der Waals surface area (Å²) in [6, 6.07) is 12.0. The highest BCUT2D eigenvalue weighted by Gasteiger charge is 2.57. The quantitative estimate of drug-likeness (QED) is 0.121. The van der Waals surface area contributed by atoms with Gasteiger partial charge in [0.15, 0.2) is 11.4 Å². The Morgan fingerprint density at radius 1 is 1.00 bits per heavy atom. The van der Waals surface area contributed by atoms with Crippen LogP contribution in [0.5, 0.6) is 0 Å². The lowest BCUT2D eigenvalue weighted by Crippen LogP contribution is -2.39. The van der Waals surface area contributed by atoms with E-state index in [0.717, 1.165) is 6.07 Å². The van der Waals surface area contributed by atoms with Gasteiger partial charge in [0.2, 0.25) is 5.95 Å². The number of benzene rings is 1. The highest BCUT2D eigenvalue weighted by Crippen LogP contribution is 2.48. The van der Waals surface area contributed by atoms with E-state index in [2.05, 4.69) is 15.0 Å². The third-order valence-electron chi connectivity index (χ3n) is 8.39. The summed E-state index contributed by atoms with van der Waals surface area (Å²) < 4.78 is 62.4. The standard InChI is InChI=1S/C32H27F4N7O3/c33-22-3-1-19(2-4-22)29-30(42(18-38-29)24-8-11-41(12-9-24)31(45)46-17-21-15-32(21,35)36)25-5-6-28-39-23(16-43(28)40-25)14-26(44)20-7-10-37-27(34)13-20/h1-7,10,13,16,18,21,24H,8-9,11-12,14-15,17H2. The third-order valence-corrected chi connectivity index (χ3v) is 8.39. The molecule has 1 aliphatic heterocycles. The number of alkyl halides is 2. The van der Waals surface area contributed by atoms with Gasteiger partial charge in [0.05, 0.1) is 41.9 Å². The number of rotatable bonds is 8. The first kappa shape index (κ1) is 29.6. The normalized spacial score (nSPS) is 17.7. The van der Waals surface area contributed by atoms with Crippen molar-refractivity contribution < 1.29 is 31.9 Å². The molecule has 5 aromatic rings. The number of aromatic nitrogens is 6. The van der Waals surface area contributed by atoms with Crippen molar-refractivity contribution in [2.24, 2.45) is 5.92 Å². The van der Waals surface area contributed by atoms with Gasteiger partial charge in [-0.15, -0.1) is 0 Å². The van der Waals surface area contributed by atoms with E-state index in [-0.39, 0.29) is 42.7 Å². The lowest BCUT2D eigenvalue weighted by atomic mass is 10.0. The summed E-state index contributed by atoms with van der Waals surface area (Å²) in [7, 11) is 0. The molecule has 2 fully saturated rings. The number of ketones is 1. The number of amides is 1. The van der Waals surface area contributed by atoms with Crippen molar-refractivity contribution in [2.75, 3.05) is 19.7 Å². The van der Waals surface area contributed by atoms with Gasteiger partial charge in [0.1, 0.15) is 18.1 Å². The van der Waals surface area contributed by atoms with Crippen molar-refractivity contribution in [2.45, 2.75) is 37.6 Å². The topological polar surface area (TPSA) is 108 Å². The Balaban J connectivity index is 1.14. The molecule has 5 heterocycles. The van der Waals surface area contributed by atoms with Crippen LogP contribution in [0.25, 0.3) is 28.3 Å². The number of hydrogen-bond acceptors (Lipinski definition) is 7. The van der Waals surface area contributed by atoms with E-state index in [1.54, 1.807) is 41.3 Å². The van der Waals surface area contributed by atoms with Gasteiger partial charge in [-0.2, -0.15) is 9.49 Å². The molecule has 1 unspecified atom stereocenters. The van der Waals surface area contributed by atoms with E-state index in [4.69, 9.17) is 9.84 Å². The molecule has 1 atom stereocenters. The van der Waals surface area contributed by atoms with Crippen LogP contribution in [0.2, 0.25) is 0 Å². The minimum Gasteiger partial charge on any atom is -0.449 e. The Morgan fingerprint density at radius 3 is 2.48 bits per heavy atom. The number of pyridine rings is 1. The molecular formula is C32H27F4N7O3. The average Bonchev–Trinajstić information content (AvgIpc) is 3.35. The first-order chi connectivity index (χ1) is 22.1. The highest BCUT2D eigenvalue weighted by molar-refractivity contribution is 5.97. The van der Waals surface area contributed by atoms with Crippen molar-refractivity contribution >= 4 is 17.5 Å². The summed E-state index contributed by atoms with van der Waals surface area (Å²) in [4.78, 5) is 39.4. The number of nitrogens with zero attached hydrogens (tertiary/aromatic N) is 7. The van der Waals surface area contributed by atoms with Crippen LogP contribution in [-0.2, 0) is 11.2 Å². The summed E-state index contributed by atoms with van der Waals surface area (Å²) in [5.74, 6) is -5.10. The zero-order valence-electron chi connectivity index (χ0n) is 24.3. The number of halogens is 4. The summed E-state index contributed by atoms with van der Waals surface area (Å²) in [5, 5.41) is 4.79. The number of imidazole rings is 2. The minimum atomic E-state index is -2.75. The van der Waals surface area contributed by atoms with Crippen molar-refractivity contribution in [3.63, 3.8) is 0 Å². The Kier molecular flexibility index (Phi) is 7.49. The first-order valence-electron chi connectivity index (χ1n) is 14.8. The number of ether oxygens (including phenoxy) is 1. The molecule has 0 bridgehead atoms. The van der Waals surface area contributed by atoms with E-state index in [1.165, 1.54) is 29.3 Å². The molecule has 1 saturated carbocycles. The van der Waals surface area contributed by atoms with E-state index in [9.17, 15) is 27.2 Å². The summed E-state index contributed by atoms with van der Waals surface area (Å²) in [6.07, 6.45) is 4.74. The van der Waals surface area contributed by atoms with Crippen LogP contribution < -0.4 is 0 Å². The largest absolute Gasteiger partial charge is 0.449 e. The molecule has 1 aliphatic carbocycles. The van der Waals surface area contributed by atoms with Gasteiger partial charge >= 0.3 is 6.09 Å². The number of hydrogen-bond donors (Lipinski definition) is 0. The van der Waals surface area contributed by atoms with Crippen LogP contribution in [0, 0.1) is 17.7 Å². The number of fused-ring (bicyclic) bond motifs is 1. The molecule has 0 radical (unpaired) electrons. The smallest absolute Gasteiger partial charge is 0.409 e. The van der Waals surface area contributed by atoms with Crippen LogP contribution in [-0.4, -0.2) is 71.5 Å². The van der Waals surface area contributed by atoms with Gasteiger partial charge in [-0.25, -0.2) is 37.4 Å². The second kappa shape index (κ2) is 11.7. The Morgan fingerprint density at radius 2 is 1.76 bits per heavy atom. The van der Waals surface area contributed by atoms with E-state index in [1.807, 2.05) is 4.57 Å². The number of likely N-dealkylation sites (tertiary alicyclic amines) is 1. The molecule has 10 nitrogen and oxygen atoms in total. The molecule has 0 N–H and O–H groups in total. The van der Waals surface area contributed by atoms with Crippen LogP contribution in [0.4, 0.5) is 22.4 Å². The molecular weight excluding hydrogens is 606 g/mol. The first-order valence-corrected chi connectivity index (χ1v) is 14.8. The maximum Gasteiger partial charge on any atom is 0.409 e. The number of carbonyl (C=O) groups is 2. The second-order valence-corrected chi connectivity index (χ2v) is 11.5. The van der Waals surface area contributed by atoms with Crippen molar-refractivity contribution in [3.8, 4) is 22.6 Å². The lowest BCUT2D eigenvalue weighted by Gasteiger charge is -2.32. The maximum absolute atomic E-state index is 13.8. The number of Topliss-reactive ketones (excluding diaryl/α,β-unsaturated/α-hetero) is 1. The molecule has 2 aliphatic rings. The van der Waals surface area contributed by atoms with Crippen LogP contribution in [0.1, 0.15) is 41.4 Å². The van der Waals surface area contributed by atoms with E-state index < -0.39 is 23.9 Å². The molecule has 46 heavy (non-hydrogen) atoms. The molecule has 1 aromatic carbocycles. The third kappa shape index (κ3) is 5.94. The fraction of sp³-hybridized carbons (Fsp3) is 0.312. The predicted molar refractivity (Wildman–Crippen MR) is 156 cm³/mol. The van der Waals surface area contributed by atoms with Crippen LogP contribution in [0.3, 0.4) is 0 Å². The monoisotopic (exact) mass is 633 g/mol. The average molecular weight is 634 g/mol. The second-order valence-electron chi connectivity index (χ2n) is 11.5. The molecule has 7 rings (SSSR count). The Hall–Kier alpha value is -5.14. The molecule has 1 saturated heterocycles. The zero-order chi connectivity index (χ0) is 32.0. The van der Waals surface area contributed by atoms with Gasteiger partial charge < -0.3 is 14.2 Å². The number of piperidine rings is 1. The van der Waals surface area contributed by atoms with Crippen molar-refractivity contribution in [1.82, 2.24) is 34.0 Å². The summed E-state index contributed by atoms with van der Waals surface area (Å²) in [6.45, 7) is 0.431. The highest BCUT2D eigenvalue weighted by atomic mass is 19.3. The molecule has 4 aromatic heterocycles. The molecule has 14 heteroatoms. The fourth-order valence-electron chi connectivity index (χ4n) is 5.74. The molecule has 236 valence electrons.